The summed E-state index contributed by atoms with van der Waals surface area (Å²) in [6.07, 6.45) is 7.72. The molecule has 5 heteroatoms. The van der Waals surface area contributed by atoms with Gasteiger partial charge in [-0.25, -0.2) is 9.97 Å². The van der Waals surface area contributed by atoms with Gasteiger partial charge in [0, 0.05) is 40.7 Å². The van der Waals surface area contributed by atoms with Crippen LogP contribution in [0.4, 0.5) is 0 Å². The highest BCUT2D eigenvalue weighted by Crippen LogP contribution is 2.38. The maximum Gasteiger partial charge on any atom is 0.109 e. The lowest BCUT2D eigenvalue weighted by Crippen LogP contribution is -1.90. The molecule has 0 atom stereocenters. The van der Waals surface area contributed by atoms with Crippen molar-refractivity contribution in [1.82, 2.24) is 24.9 Å². The van der Waals surface area contributed by atoms with Crippen LogP contribution in [0.15, 0.2) is 67.3 Å². The van der Waals surface area contributed by atoms with Crippen molar-refractivity contribution in [1.29, 1.82) is 0 Å². The smallest absolute Gasteiger partial charge is 0.109 e. The Morgan fingerprint density at radius 3 is 1.56 bits per heavy atom. The highest BCUT2D eigenvalue weighted by molar-refractivity contribution is 6.26. The Labute approximate surface area is 198 Å². The number of H-pyrrole nitrogens is 2. The first-order valence-corrected chi connectivity index (χ1v) is 11.8. The maximum absolute atomic E-state index is 4.56. The number of hydrogen-bond donors (Lipinski definition) is 2. The van der Waals surface area contributed by atoms with E-state index in [1.807, 2.05) is 24.8 Å². The van der Waals surface area contributed by atoms with Crippen LogP contribution in [0.3, 0.4) is 0 Å². The first-order chi connectivity index (χ1) is 16.5. The number of aromatic nitrogens is 5. The van der Waals surface area contributed by atoms with E-state index in [1.165, 1.54) is 26.9 Å². The number of benzene rings is 3. The van der Waals surface area contributed by atoms with Gasteiger partial charge in [0.15, 0.2) is 0 Å². The van der Waals surface area contributed by atoms with Crippen LogP contribution in [0.2, 0.25) is 0 Å². The van der Waals surface area contributed by atoms with E-state index in [9.17, 15) is 0 Å². The van der Waals surface area contributed by atoms with Gasteiger partial charge in [0.2, 0.25) is 0 Å². The summed E-state index contributed by atoms with van der Waals surface area (Å²) in [5.41, 5.74) is 4.35. The average Bonchev–Trinajstić information content (AvgIpc) is 3.54. The molecule has 0 radical (unpaired) electrons. The van der Waals surface area contributed by atoms with Crippen LogP contribution in [0.1, 0.15) is 51.2 Å². The largest absolute Gasteiger partial charge is 0.342 e. The molecule has 2 N–H and O–H groups in total. The van der Waals surface area contributed by atoms with Crippen molar-refractivity contribution in [2.75, 3.05) is 0 Å². The van der Waals surface area contributed by atoms with Crippen LogP contribution in [0.25, 0.3) is 54.8 Å². The fourth-order valence-corrected chi connectivity index (χ4v) is 4.74. The van der Waals surface area contributed by atoms with Crippen LogP contribution < -0.4 is 0 Å². The Bertz CT molecular complexity index is 1520. The standard InChI is InChI=1S/C29H27N5/c1-16(2)28-31-14-26(33-28)18-5-7-20-21-8-6-19(27-15-32-29(34-27)17(3)4)12-24(21)25-13-30-10-9-22(25)23(20)11-18/h5-17H,1-4H3,(H,31,33)(H,32,34). The number of rotatable bonds is 4. The molecular formula is C29H27N5. The van der Waals surface area contributed by atoms with Crippen molar-refractivity contribution in [3.05, 3.63) is 78.9 Å². The first-order valence-electron chi connectivity index (χ1n) is 11.8. The van der Waals surface area contributed by atoms with Crippen LogP contribution in [0, 0.1) is 0 Å². The molecule has 0 aliphatic carbocycles. The zero-order valence-electron chi connectivity index (χ0n) is 19.8. The molecule has 34 heavy (non-hydrogen) atoms. The fraction of sp³-hybridized carbons (Fsp3) is 0.207. The predicted octanol–water partition coefficient (Wildman–Crippen LogP) is 7.57. The molecule has 6 rings (SSSR count). The first kappa shape index (κ1) is 20.6. The zero-order chi connectivity index (χ0) is 23.4. The number of nitrogens with one attached hydrogen (secondary N) is 2. The predicted molar refractivity (Wildman–Crippen MR) is 140 cm³/mol. The summed E-state index contributed by atoms with van der Waals surface area (Å²) in [5, 5.41) is 7.24. The highest BCUT2D eigenvalue weighted by atomic mass is 14.9. The molecule has 0 saturated carbocycles. The van der Waals surface area contributed by atoms with Crippen molar-refractivity contribution < 1.29 is 0 Å². The van der Waals surface area contributed by atoms with Crippen molar-refractivity contribution in [2.24, 2.45) is 0 Å². The lowest BCUT2D eigenvalue weighted by molar-refractivity contribution is 0.795. The lowest BCUT2D eigenvalue weighted by Gasteiger charge is -2.12. The lowest BCUT2D eigenvalue weighted by atomic mass is 9.92. The normalized spacial score (nSPS) is 12.1. The SMILES string of the molecule is CC(C)c1ncc(-c2ccc3c4ccc(-c5cnc(C(C)C)[nH]5)cc4c4cnccc4c3c2)[nH]1. The van der Waals surface area contributed by atoms with Crippen molar-refractivity contribution in [2.45, 2.75) is 39.5 Å². The molecule has 0 spiro atoms. The topological polar surface area (TPSA) is 70.2 Å². The monoisotopic (exact) mass is 445 g/mol. The van der Waals surface area contributed by atoms with E-state index in [0.29, 0.717) is 11.8 Å². The minimum absolute atomic E-state index is 0.365. The Hall–Kier alpha value is -3.99. The van der Waals surface area contributed by atoms with Crippen molar-refractivity contribution in [3.8, 4) is 22.5 Å². The van der Waals surface area contributed by atoms with Gasteiger partial charge in [0.25, 0.3) is 0 Å². The molecule has 6 aromatic rings. The number of aromatic amines is 2. The van der Waals surface area contributed by atoms with E-state index >= 15 is 0 Å². The number of fused-ring (bicyclic) bond motifs is 6. The second kappa shape index (κ2) is 7.80. The van der Waals surface area contributed by atoms with Gasteiger partial charge in [-0.05, 0) is 45.1 Å². The van der Waals surface area contributed by atoms with Gasteiger partial charge in [-0.2, -0.15) is 0 Å². The third kappa shape index (κ3) is 3.27. The third-order valence-corrected chi connectivity index (χ3v) is 6.64. The Kier molecular flexibility index (Phi) is 4.73. The summed E-state index contributed by atoms with van der Waals surface area (Å²) in [5.74, 6) is 2.75. The van der Waals surface area contributed by atoms with Gasteiger partial charge >= 0.3 is 0 Å². The quantitative estimate of drug-likeness (QED) is 0.275. The summed E-state index contributed by atoms with van der Waals surface area (Å²) in [6, 6.07) is 15.5. The molecule has 5 nitrogen and oxygen atoms in total. The Morgan fingerprint density at radius 1 is 0.559 bits per heavy atom. The molecular weight excluding hydrogens is 418 g/mol. The van der Waals surface area contributed by atoms with Gasteiger partial charge in [0.1, 0.15) is 11.6 Å². The molecule has 168 valence electrons. The number of pyridine rings is 1. The molecule has 0 aliphatic rings. The van der Waals surface area contributed by atoms with Gasteiger partial charge in [-0.15, -0.1) is 0 Å². The van der Waals surface area contributed by atoms with Gasteiger partial charge in [-0.1, -0.05) is 52.0 Å². The second-order valence-electron chi connectivity index (χ2n) is 9.62. The average molecular weight is 446 g/mol. The van der Waals surface area contributed by atoms with Crippen LogP contribution in [0.5, 0.6) is 0 Å². The van der Waals surface area contributed by atoms with Crippen LogP contribution >= 0.6 is 0 Å². The molecule has 0 unspecified atom stereocenters. The zero-order valence-corrected chi connectivity index (χ0v) is 19.8. The van der Waals surface area contributed by atoms with Gasteiger partial charge in [0.05, 0.1) is 23.8 Å². The highest BCUT2D eigenvalue weighted by Gasteiger charge is 2.14. The third-order valence-electron chi connectivity index (χ3n) is 6.64. The summed E-state index contributed by atoms with van der Waals surface area (Å²) >= 11 is 0. The molecule has 0 amide bonds. The molecule has 0 fully saturated rings. The van der Waals surface area contributed by atoms with Crippen molar-refractivity contribution >= 4 is 32.3 Å². The summed E-state index contributed by atoms with van der Waals surface area (Å²) in [7, 11) is 0. The number of nitrogens with zero attached hydrogens (tertiary/aromatic N) is 3. The fourth-order valence-electron chi connectivity index (χ4n) is 4.74. The summed E-state index contributed by atoms with van der Waals surface area (Å²) < 4.78 is 0. The summed E-state index contributed by atoms with van der Waals surface area (Å²) in [6.45, 7) is 8.60. The summed E-state index contributed by atoms with van der Waals surface area (Å²) in [4.78, 5) is 20.5. The van der Waals surface area contributed by atoms with E-state index < -0.39 is 0 Å². The number of imidazole rings is 2. The minimum atomic E-state index is 0.365. The maximum atomic E-state index is 4.56. The van der Waals surface area contributed by atoms with Crippen LogP contribution in [-0.4, -0.2) is 24.9 Å². The molecule has 3 aromatic heterocycles. The van der Waals surface area contributed by atoms with E-state index in [4.69, 9.17) is 0 Å². The molecule has 0 aliphatic heterocycles. The van der Waals surface area contributed by atoms with Gasteiger partial charge in [-0.3, -0.25) is 4.98 Å². The van der Waals surface area contributed by atoms with Gasteiger partial charge < -0.3 is 9.97 Å². The van der Waals surface area contributed by atoms with E-state index in [1.54, 1.807) is 0 Å². The molecule has 3 aromatic carbocycles. The molecule has 0 bridgehead atoms. The van der Waals surface area contributed by atoms with E-state index in [0.717, 1.165) is 39.5 Å². The van der Waals surface area contributed by atoms with E-state index in [-0.39, 0.29) is 0 Å². The van der Waals surface area contributed by atoms with Crippen molar-refractivity contribution in [3.63, 3.8) is 0 Å². The Morgan fingerprint density at radius 2 is 1.06 bits per heavy atom. The molecule has 3 heterocycles. The molecule has 0 saturated heterocycles. The van der Waals surface area contributed by atoms with E-state index in [2.05, 4.69) is 95.1 Å². The Balaban J connectivity index is 1.58. The minimum Gasteiger partial charge on any atom is -0.342 e. The number of hydrogen-bond acceptors (Lipinski definition) is 3. The second-order valence-corrected chi connectivity index (χ2v) is 9.62. The van der Waals surface area contributed by atoms with Crippen LogP contribution in [-0.2, 0) is 0 Å².